The molecule has 0 saturated carbocycles. The SMILES string of the molecule is Cc1ccc(-c2ccc(CN3CCC[C@@H]3c3cnc4c(c3)OCC4)cc2)cn1. The van der Waals surface area contributed by atoms with E-state index in [-0.39, 0.29) is 0 Å². The quantitative estimate of drug-likeness (QED) is 0.665. The molecule has 0 spiro atoms. The van der Waals surface area contributed by atoms with Crippen molar-refractivity contribution in [1.29, 1.82) is 0 Å². The molecule has 1 fully saturated rings. The molecule has 0 bridgehead atoms. The average Bonchev–Trinajstić information content (AvgIpc) is 3.38. The fourth-order valence-electron chi connectivity index (χ4n) is 4.31. The number of hydrogen-bond acceptors (Lipinski definition) is 4. The molecule has 4 heterocycles. The van der Waals surface area contributed by atoms with E-state index >= 15 is 0 Å². The lowest BCUT2D eigenvalue weighted by Gasteiger charge is -2.25. The first kappa shape index (κ1) is 17.4. The number of hydrogen-bond donors (Lipinski definition) is 0. The molecule has 1 saturated heterocycles. The zero-order valence-electron chi connectivity index (χ0n) is 16.3. The Bertz CT molecular complexity index is 966. The number of likely N-dealkylation sites (tertiary alicyclic amines) is 1. The number of rotatable bonds is 4. The Balaban J connectivity index is 1.31. The number of aromatic nitrogens is 2. The average molecular weight is 371 g/mol. The second-order valence-corrected chi connectivity index (χ2v) is 7.83. The van der Waals surface area contributed by atoms with Gasteiger partial charge >= 0.3 is 0 Å². The maximum Gasteiger partial charge on any atom is 0.141 e. The summed E-state index contributed by atoms with van der Waals surface area (Å²) in [6.45, 7) is 4.88. The van der Waals surface area contributed by atoms with E-state index in [4.69, 9.17) is 4.74 Å². The van der Waals surface area contributed by atoms with Crippen LogP contribution in [0.2, 0.25) is 0 Å². The van der Waals surface area contributed by atoms with Gasteiger partial charge in [0.15, 0.2) is 0 Å². The summed E-state index contributed by atoms with van der Waals surface area (Å²) in [5.41, 5.74) is 7.18. The third kappa shape index (κ3) is 3.40. The Morgan fingerprint density at radius 1 is 1.04 bits per heavy atom. The van der Waals surface area contributed by atoms with Crippen LogP contribution < -0.4 is 4.74 Å². The zero-order chi connectivity index (χ0) is 18.9. The van der Waals surface area contributed by atoms with Crippen molar-refractivity contribution in [3.05, 3.63) is 77.4 Å². The van der Waals surface area contributed by atoms with Crippen LogP contribution in [0.25, 0.3) is 11.1 Å². The summed E-state index contributed by atoms with van der Waals surface area (Å²) in [5, 5.41) is 0. The second-order valence-electron chi connectivity index (χ2n) is 7.83. The highest BCUT2D eigenvalue weighted by atomic mass is 16.5. The smallest absolute Gasteiger partial charge is 0.141 e. The van der Waals surface area contributed by atoms with Crippen molar-refractivity contribution >= 4 is 0 Å². The number of pyridine rings is 2. The van der Waals surface area contributed by atoms with Crippen LogP contribution >= 0.6 is 0 Å². The summed E-state index contributed by atoms with van der Waals surface area (Å²) in [5.74, 6) is 0.986. The molecule has 0 aliphatic carbocycles. The molecule has 142 valence electrons. The minimum absolute atomic E-state index is 0.433. The molecular formula is C24H25N3O. The lowest BCUT2D eigenvalue weighted by Crippen LogP contribution is -2.22. The number of aryl methyl sites for hydroxylation is 1. The molecule has 5 rings (SSSR count). The van der Waals surface area contributed by atoms with Crippen LogP contribution in [0, 0.1) is 6.92 Å². The molecule has 3 aromatic rings. The molecule has 1 aromatic carbocycles. The maximum atomic E-state index is 5.73. The van der Waals surface area contributed by atoms with Crippen molar-refractivity contribution in [3.8, 4) is 16.9 Å². The minimum atomic E-state index is 0.433. The Morgan fingerprint density at radius 3 is 2.71 bits per heavy atom. The van der Waals surface area contributed by atoms with Crippen LogP contribution in [0.15, 0.2) is 54.9 Å². The van der Waals surface area contributed by atoms with Gasteiger partial charge in [-0.25, -0.2) is 0 Å². The molecule has 0 radical (unpaired) electrons. The predicted molar refractivity (Wildman–Crippen MR) is 110 cm³/mol. The van der Waals surface area contributed by atoms with Crippen molar-refractivity contribution in [3.63, 3.8) is 0 Å². The summed E-state index contributed by atoms with van der Waals surface area (Å²) < 4.78 is 5.73. The summed E-state index contributed by atoms with van der Waals surface area (Å²) >= 11 is 0. The lowest BCUT2D eigenvalue weighted by molar-refractivity contribution is 0.247. The summed E-state index contributed by atoms with van der Waals surface area (Å²) in [7, 11) is 0. The number of ether oxygens (including phenoxy) is 1. The fourth-order valence-corrected chi connectivity index (χ4v) is 4.31. The van der Waals surface area contributed by atoms with Gasteiger partial charge in [-0.15, -0.1) is 0 Å². The summed E-state index contributed by atoms with van der Waals surface area (Å²) in [6, 6.07) is 15.7. The Labute approximate surface area is 166 Å². The van der Waals surface area contributed by atoms with Crippen molar-refractivity contribution < 1.29 is 4.74 Å². The van der Waals surface area contributed by atoms with Gasteiger partial charge in [0.05, 0.1) is 12.3 Å². The molecule has 0 unspecified atom stereocenters. The molecular weight excluding hydrogens is 346 g/mol. The highest BCUT2D eigenvalue weighted by Crippen LogP contribution is 2.36. The lowest BCUT2D eigenvalue weighted by atomic mass is 10.0. The van der Waals surface area contributed by atoms with Crippen molar-refractivity contribution in [2.45, 2.75) is 38.8 Å². The summed E-state index contributed by atoms with van der Waals surface area (Å²) in [6.07, 6.45) is 7.36. The van der Waals surface area contributed by atoms with Crippen LogP contribution in [0.5, 0.6) is 5.75 Å². The van der Waals surface area contributed by atoms with E-state index in [2.05, 4.69) is 63.5 Å². The highest BCUT2D eigenvalue weighted by Gasteiger charge is 2.27. The molecule has 2 aromatic heterocycles. The van der Waals surface area contributed by atoms with Gasteiger partial charge < -0.3 is 4.74 Å². The van der Waals surface area contributed by atoms with Gasteiger partial charge in [0.1, 0.15) is 5.75 Å². The van der Waals surface area contributed by atoms with Gasteiger partial charge in [0.2, 0.25) is 0 Å². The first-order valence-electron chi connectivity index (χ1n) is 10.1. The first-order valence-corrected chi connectivity index (χ1v) is 10.1. The normalized spacial score (nSPS) is 18.8. The second kappa shape index (κ2) is 7.36. The third-order valence-electron chi connectivity index (χ3n) is 5.88. The number of benzene rings is 1. The van der Waals surface area contributed by atoms with Crippen molar-refractivity contribution in [1.82, 2.24) is 14.9 Å². The van der Waals surface area contributed by atoms with Crippen molar-refractivity contribution in [2.75, 3.05) is 13.2 Å². The molecule has 0 N–H and O–H groups in total. The summed E-state index contributed by atoms with van der Waals surface area (Å²) in [4.78, 5) is 11.6. The molecule has 1 atom stereocenters. The van der Waals surface area contributed by atoms with Gasteiger partial charge in [-0.05, 0) is 55.1 Å². The van der Waals surface area contributed by atoms with Gasteiger partial charge in [-0.1, -0.05) is 30.3 Å². The van der Waals surface area contributed by atoms with E-state index in [9.17, 15) is 0 Å². The maximum absolute atomic E-state index is 5.73. The van der Waals surface area contributed by atoms with E-state index < -0.39 is 0 Å². The van der Waals surface area contributed by atoms with Gasteiger partial charge in [-0.3, -0.25) is 14.9 Å². The molecule has 28 heavy (non-hydrogen) atoms. The Morgan fingerprint density at radius 2 is 1.89 bits per heavy atom. The van der Waals surface area contributed by atoms with E-state index in [1.807, 2.05) is 13.1 Å². The largest absolute Gasteiger partial charge is 0.491 e. The van der Waals surface area contributed by atoms with Crippen LogP contribution in [0.4, 0.5) is 0 Å². The molecule has 0 amide bonds. The molecule has 4 nitrogen and oxygen atoms in total. The van der Waals surface area contributed by atoms with Gasteiger partial charge in [0.25, 0.3) is 0 Å². The van der Waals surface area contributed by atoms with Gasteiger partial charge in [-0.2, -0.15) is 0 Å². The van der Waals surface area contributed by atoms with Crippen LogP contribution in [-0.4, -0.2) is 28.0 Å². The molecule has 2 aliphatic rings. The molecule has 2 aliphatic heterocycles. The minimum Gasteiger partial charge on any atom is -0.491 e. The Kier molecular flexibility index (Phi) is 4.57. The predicted octanol–water partition coefficient (Wildman–Crippen LogP) is 4.72. The topological polar surface area (TPSA) is 38.2 Å². The van der Waals surface area contributed by atoms with E-state index in [1.54, 1.807) is 0 Å². The zero-order valence-corrected chi connectivity index (χ0v) is 16.3. The van der Waals surface area contributed by atoms with Crippen LogP contribution in [0.1, 0.15) is 41.4 Å². The highest BCUT2D eigenvalue weighted by molar-refractivity contribution is 5.62. The van der Waals surface area contributed by atoms with Crippen LogP contribution in [-0.2, 0) is 13.0 Å². The third-order valence-corrected chi connectivity index (χ3v) is 5.88. The standard InChI is InChI=1S/C24H25N3O/c1-17-4-7-20(14-25-17)19-8-5-18(6-9-19)16-27-11-2-3-23(27)21-13-24-22(26-15-21)10-12-28-24/h4-9,13-15,23H,2-3,10-12,16H2,1H3/t23-/m1/s1. The number of fused-ring (bicyclic) bond motifs is 1. The van der Waals surface area contributed by atoms with Crippen molar-refractivity contribution in [2.24, 2.45) is 0 Å². The van der Waals surface area contributed by atoms with Gasteiger partial charge in [0, 0.05) is 42.7 Å². The molecule has 4 heteroatoms. The fraction of sp³-hybridized carbons (Fsp3) is 0.333. The van der Waals surface area contributed by atoms with E-state index in [0.29, 0.717) is 6.04 Å². The first-order chi connectivity index (χ1) is 13.8. The Hall–Kier alpha value is -2.72. The number of nitrogens with zero attached hydrogens (tertiary/aromatic N) is 3. The van der Waals surface area contributed by atoms with E-state index in [1.165, 1.54) is 35.1 Å². The van der Waals surface area contributed by atoms with E-state index in [0.717, 1.165) is 43.3 Å². The van der Waals surface area contributed by atoms with Crippen LogP contribution in [0.3, 0.4) is 0 Å². The monoisotopic (exact) mass is 371 g/mol.